The van der Waals surface area contributed by atoms with Crippen molar-refractivity contribution in [2.75, 3.05) is 19.8 Å². The van der Waals surface area contributed by atoms with Gasteiger partial charge in [-0.05, 0) is 32.9 Å². The lowest BCUT2D eigenvalue weighted by molar-refractivity contribution is -0.154. The summed E-state index contributed by atoms with van der Waals surface area (Å²) in [6, 6.07) is 0. The van der Waals surface area contributed by atoms with Crippen molar-refractivity contribution >= 4 is 14.5 Å². The number of esters is 1. The zero-order valence-electron chi connectivity index (χ0n) is 9.75. The fraction of sp³-hybridized carbons (Fsp3) is 0.900. The van der Waals surface area contributed by atoms with Gasteiger partial charge in [-0.15, -0.1) is 0 Å². The molecule has 1 saturated heterocycles. The number of hydrogen-bond acceptors (Lipinski definition) is 4. The summed E-state index contributed by atoms with van der Waals surface area (Å²) in [5, 5.41) is 0. The Kier molecular flexibility index (Phi) is 4.75. The van der Waals surface area contributed by atoms with Crippen LogP contribution in [0.1, 0.15) is 19.8 Å². The van der Waals surface area contributed by atoms with Crippen molar-refractivity contribution in [1.82, 2.24) is 0 Å². The lowest BCUT2D eigenvalue weighted by Crippen LogP contribution is -2.39. The summed E-state index contributed by atoms with van der Waals surface area (Å²) in [5.41, 5.74) is 0. The minimum Gasteiger partial charge on any atom is -0.465 e. The summed E-state index contributed by atoms with van der Waals surface area (Å²) in [6.45, 7) is 7.59. The van der Waals surface area contributed by atoms with Crippen LogP contribution >= 0.6 is 0 Å². The zero-order valence-corrected chi connectivity index (χ0v) is 10.7. The van der Waals surface area contributed by atoms with Crippen molar-refractivity contribution in [2.45, 2.75) is 32.9 Å². The van der Waals surface area contributed by atoms with Crippen LogP contribution < -0.4 is 0 Å². The molecule has 1 fully saturated rings. The quantitative estimate of drug-likeness (QED) is 0.534. The summed E-state index contributed by atoms with van der Waals surface area (Å²) >= 11 is 0. The third-order valence-electron chi connectivity index (χ3n) is 2.40. The molecule has 0 aromatic heterocycles. The molecule has 0 radical (unpaired) electrons. The zero-order chi connectivity index (χ0) is 11.3. The molecule has 1 aliphatic rings. The smallest absolute Gasteiger partial charge is 0.331 e. The van der Waals surface area contributed by atoms with Gasteiger partial charge in [0.05, 0.1) is 12.5 Å². The lowest BCUT2D eigenvalue weighted by atomic mass is 10.0. The molecule has 0 amide bonds. The average molecular weight is 232 g/mol. The SMILES string of the molecule is CCO[Si](C)(C)OCC1CCCOC1=O. The van der Waals surface area contributed by atoms with E-state index in [1.165, 1.54) is 0 Å². The first-order valence-corrected chi connectivity index (χ1v) is 8.31. The van der Waals surface area contributed by atoms with E-state index in [1.54, 1.807) is 0 Å². The van der Waals surface area contributed by atoms with Gasteiger partial charge in [0.1, 0.15) is 0 Å². The minimum atomic E-state index is -2.02. The molecule has 0 aromatic carbocycles. The Balaban J connectivity index is 2.31. The van der Waals surface area contributed by atoms with E-state index in [1.807, 2.05) is 20.0 Å². The number of carbonyl (C=O) groups excluding carboxylic acids is 1. The fourth-order valence-corrected chi connectivity index (χ4v) is 2.96. The Morgan fingerprint density at radius 2 is 2.20 bits per heavy atom. The standard InChI is InChI=1S/C10H20O4Si/c1-4-13-15(2,3)14-8-9-6-5-7-12-10(9)11/h9H,4-8H2,1-3H3. The first kappa shape index (κ1) is 12.7. The van der Waals surface area contributed by atoms with Crippen LogP contribution in [0.5, 0.6) is 0 Å². The van der Waals surface area contributed by atoms with E-state index in [0.29, 0.717) is 19.8 Å². The third kappa shape index (κ3) is 4.32. The van der Waals surface area contributed by atoms with Crippen LogP contribution in [0.25, 0.3) is 0 Å². The maximum atomic E-state index is 11.3. The molecule has 0 saturated carbocycles. The highest BCUT2D eigenvalue weighted by Crippen LogP contribution is 2.17. The van der Waals surface area contributed by atoms with Gasteiger partial charge in [0.2, 0.25) is 0 Å². The van der Waals surface area contributed by atoms with Crippen molar-refractivity contribution in [1.29, 1.82) is 0 Å². The highest BCUT2D eigenvalue weighted by Gasteiger charge is 2.29. The van der Waals surface area contributed by atoms with Gasteiger partial charge in [0.25, 0.3) is 0 Å². The van der Waals surface area contributed by atoms with Gasteiger partial charge >= 0.3 is 14.5 Å². The van der Waals surface area contributed by atoms with E-state index in [4.69, 9.17) is 13.6 Å². The number of rotatable bonds is 5. The molecule has 88 valence electrons. The molecule has 1 heterocycles. The average Bonchev–Trinajstić information content (AvgIpc) is 2.16. The second-order valence-corrected chi connectivity index (χ2v) is 7.53. The van der Waals surface area contributed by atoms with Crippen LogP contribution in [-0.2, 0) is 18.4 Å². The molecule has 4 nitrogen and oxygen atoms in total. The molecule has 1 rings (SSSR count). The van der Waals surface area contributed by atoms with Crippen LogP contribution in [-0.4, -0.2) is 34.4 Å². The van der Waals surface area contributed by atoms with Crippen LogP contribution in [0.4, 0.5) is 0 Å². The van der Waals surface area contributed by atoms with Crippen molar-refractivity contribution in [3.8, 4) is 0 Å². The summed E-state index contributed by atoms with van der Waals surface area (Å²) in [4.78, 5) is 11.3. The van der Waals surface area contributed by atoms with Crippen molar-refractivity contribution in [3.63, 3.8) is 0 Å². The second-order valence-electron chi connectivity index (χ2n) is 4.15. The molecule has 0 N–H and O–H groups in total. The second kappa shape index (κ2) is 5.63. The summed E-state index contributed by atoms with van der Waals surface area (Å²) in [5.74, 6) is -0.214. The van der Waals surface area contributed by atoms with Gasteiger partial charge < -0.3 is 13.6 Å². The Morgan fingerprint density at radius 3 is 2.80 bits per heavy atom. The summed E-state index contributed by atoms with van der Waals surface area (Å²) < 4.78 is 16.2. The molecule has 1 atom stereocenters. The molecule has 0 aromatic rings. The summed E-state index contributed by atoms with van der Waals surface area (Å²) in [6.07, 6.45) is 1.81. The first-order chi connectivity index (χ1) is 7.05. The Bertz CT molecular complexity index is 217. The van der Waals surface area contributed by atoms with Crippen molar-refractivity contribution < 1.29 is 18.4 Å². The van der Waals surface area contributed by atoms with E-state index in [0.717, 1.165) is 12.8 Å². The van der Waals surface area contributed by atoms with E-state index < -0.39 is 8.56 Å². The molecular weight excluding hydrogens is 212 g/mol. The topological polar surface area (TPSA) is 44.8 Å². The first-order valence-electron chi connectivity index (χ1n) is 5.49. The predicted molar refractivity (Wildman–Crippen MR) is 58.7 cm³/mol. The highest BCUT2D eigenvalue weighted by molar-refractivity contribution is 6.64. The maximum absolute atomic E-state index is 11.3. The number of cyclic esters (lactones) is 1. The van der Waals surface area contributed by atoms with Gasteiger partial charge in [-0.3, -0.25) is 4.79 Å². The van der Waals surface area contributed by atoms with Crippen molar-refractivity contribution in [3.05, 3.63) is 0 Å². The molecule has 1 aliphatic heterocycles. The fourth-order valence-electron chi connectivity index (χ4n) is 1.58. The third-order valence-corrected chi connectivity index (χ3v) is 4.24. The number of ether oxygens (including phenoxy) is 1. The molecule has 5 heteroatoms. The maximum Gasteiger partial charge on any atom is 0.331 e. The Morgan fingerprint density at radius 1 is 1.47 bits per heavy atom. The van der Waals surface area contributed by atoms with Gasteiger partial charge in [-0.25, -0.2) is 0 Å². The molecule has 0 aliphatic carbocycles. The van der Waals surface area contributed by atoms with E-state index in [-0.39, 0.29) is 11.9 Å². The highest BCUT2D eigenvalue weighted by atomic mass is 28.4. The van der Waals surface area contributed by atoms with Crippen LogP contribution in [0.15, 0.2) is 0 Å². The Labute approximate surface area is 92.1 Å². The van der Waals surface area contributed by atoms with Crippen molar-refractivity contribution in [2.24, 2.45) is 5.92 Å². The molecule has 15 heavy (non-hydrogen) atoms. The Hall–Kier alpha value is -0.393. The van der Waals surface area contributed by atoms with Crippen LogP contribution in [0.2, 0.25) is 13.1 Å². The monoisotopic (exact) mass is 232 g/mol. The summed E-state index contributed by atoms with van der Waals surface area (Å²) in [7, 11) is -2.02. The largest absolute Gasteiger partial charge is 0.465 e. The van der Waals surface area contributed by atoms with Gasteiger partial charge in [0.15, 0.2) is 0 Å². The van der Waals surface area contributed by atoms with E-state index in [2.05, 4.69) is 0 Å². The molecule has 0 bridgehead atoms. The normalized spacial score (nSPS) is 22.6. The van der Waals surface area contributed by atoms with E-state index >= 15 is 0 Å². The number of hydrogen-bond donors (Lipinski definition) is 0. The molecule has 0 spiro atoms. The molecular formula is C10H20O4Si. The van der Waals surface area contributed by atoms with Gasteiger partial charge in [-0.1, -0.05) is 0 Å². The lowest BCUT2D eigenvalue weighted by Gasteiger charge is -2.26. The molecule has 1 unspecified atom stereocenters. The van der Waals surface area contributed by atoms with Crippen LogP contribution in [0, 0.1) is 5.92 Å². The van der Waals surface area contributed by atoms with Gasteiger partial charge in [0, 0.05) is 13.2 Å². The van der Waals surface area contributed by atoms with E-state index in [9.17, 15) is 4.79 Å². The minimum absolute atomic E-state index is 0.0917. The number of carbonyl (C=O) groups is 1. The predicted octanol–water partition coefficient (Wildman–Crippen LogP) is 1.69. The van der Waals surface area contributed by atoms with Gasteiger partial charge in [-0.2, -0.15) is 0 Å². The van der Waals surface area contributed by atoms with Crippen LogP contribution in [0.3, 0.4) is 0 Å².